The Morgan fingerprint density at radius 3 is 2.55 bits per heavy atom. The van der Waals surface area contributed by atoms with Crippen molar-refractivity contribution in [1.82, 2.24) is 20.1 Å². The molecule has 5 heteroatoms. The van der Waals surface area contributed by atoms with E-state index < -0.39 is 0 Å². The van der Waals surface area contributed by atoms with E-state index in [0.29, 0.717) is 6.54 Å². The van der Waals surface area contributed by atoms with Gasteiger partial charge in [-0.05, 0) is 42.8 Å². The van der Waals surface area contributed by atoms with Gasteiger partial charge in [0.1, 0.15) is 11.4 Å². The third-order valence-electron chi connectivity index (χ3n) is 4.96. The van der Waals surface area contributed by atoms with Gasteiger partial charge < -0.3 is 10.1 Å². The fourth-order valence-corrected chi connectivity index (χ4v) is 3.33. The molecule has 0 aliphatic rings. The summed E-state index contributed by atoms with van der Waals surface area (Å²) in [5.41, 5.74) is 5.18. The van der Waals surface area contributed by atoms with E-state index in [9.17, 15) is 0 Å². The standard InChI is InChI=1S/C24H24N4O/c1-18(19-9-8-14-25-15-19)26-16-20-17-28(21-10-4-3-5-11-21)27-24(20)22-12-6-7-13-23(22)29-2/h3-15,17-18,26H,16H2,1-2H3. The number of hydrogen-bond acceptors (Lipinski definition) is 4. The van der Waals surface area contributed by atoms with Gasteiger partial charge in [0.25, 0.3) is 0 Å². The second kappa shape index (κ2) is 8.71. The van der Waals surface area contributed by atoms with Crippen molar-refractivity contribution in [3.8, 4) is 22.7 Å². The van der Waals surface area contributed by atoms with Crippen LogP contribution in [0, 0.1) is 0 Å². The number of para-hydroxylation sites is 2. The Labute approximate surface area is 171 Å². The molecule has 0 aliphatic carbocycles. The second-order valence-electron chi connectivity index (χ2n) is 6.87. The fourth-order valence-electron chi connectivity index (χ4n) is 3.33. The molecule has 0 fully saturated rings. The van der Waals surface area contributed by atoms with Gasteiger partial charge in [-0.15, -0.1) is 0 Å². The summed E-state index contributed by atoms with van der Waals surface area (Å²) in [6.45, 7) is 2.82. The van der Waals surface area contributed by atoms with Crippen molar-refractivity contribution >= 4 is 0 Å². The van der Waals surface area contributed by atoms with Gasteiger partial charge in [0.05, 0.1) is 12.8 Å². The van der Waals surface area contributed by atoms with Gasteiger partial charge in [0.2, 0.25) is 0 Å². The molecular weight excluding hydrogens is 360 g/mol. The van der Waals surface area contributed by atoms with Crippen LogP contribution in [0.5, 0.6) is 5.75 Å². The Balaban J connectivity index is 1.68. The summed E-state index contributed by atoms with van der Waals surface area (Å²) in [7, 11) is 1.69. The Hall–Kier alpha value is -3.44. The number of rotatable bonds is 7. The molecular formula is C24H24N4O. The minimum atomic E-state index is 0.175. The highest BCUT2D eigenvalue weighted by atomic mass is 16.5. The molecule has 2 heterocycles. The molecule has 1 atom stereocenters. The minimum absolute atomic E-state index is 0.175. The molecule has 0 amide bonds. The van der Waals surface area contributed by atoms with Crippen molar-refractivity contribution in [1.29, 1.82) is 0 Å². The van der Waals surface area contributed by atoms with E-state index in [-0.39, 0.29) is 6.04 Å². The first-order chi connectivity index (χ1) is 14.3. The predicted octanol–water partition coefficient (Wildman–Crippen LogP) is 4.79. The van der Waals surface area contributed by atoms with Gasteiger partial charge in [0.15, 0.2) is 0 Å². The molecule has 4 rings (SSSR count). The van der Waals surface area contributed by atoms with Gasteiger partial charge in [-0.3, -0.25) is 4.98 Å². The molecule has 5 nitrogen and oxygen atoms in total. The van der Waals surface area contributed by atoms with E-state index >= 15 is 0 Å². The van der Waals surface area contributed by atoms with Crippen LogP contribution < -0.4 is 10.1 Å². The molecule has 2 aromatic carbocycles. The fraction of sp³-hybridized carbons (Fsp3) is 0.167. The smallest absolute Gasteiger partial charge is 0.128 e. The number of nitrogens with one attached hydrogen (secondary N) is 1. The summed E-state index contributed by atoms with van der Waals surface area (Å²) in [6.07, 6.45) is 5.77. The van der Waals surface area contributed by atoms with E-state index in [1.54, 1.807) is 13.3 Å². The second-order valence-corrected chi connectivity index (χ2v) is 6.87. The zero-order valence-corrected chi connectivity index (χ0v) is 16.6. The van der Waals surface area contributed by atoms with Gasteiger partial charge in [-0.2, -0.15) is 5.10 Å². The monoisotopic (exact) mass is 384 g/mol. The molecule has 0 bridgehead atoms. The Morgan fingerprint density at radius 2 is 1.79 bits per heavy atom. The van der Waals surface area contributed by atoms with Crippen LogP contribution in [0.25, 0.3) is 16.9 Å². The number of pyridine rings is 1. The number of aromatic nitrogens is 3. The van der Waals surface area contributed by atoms with E-state index in [0.717, 1.165) is 33.8 Å². The molecule has 4 aromatic rings. The molecule has 0 saturated carbocycles. The number of ether oxygens (including phenoxy) is 1. The van der Waals surface area contributed by atoms with Crippen LogP contribution in [0.3, 0.4) is 0 Å². The first-order valence-electron chi connectivity index (χ1n) is 9.67. The zero-order chi connectivity index (χ0) is 20.1. The molecule has 1 unspecified atom stereocenters. The van der Waals surface area contributed by atoms with Gasteiger partial charge in [0, 0.05) is 42.3 Å². The van der Waals surface area contributed by atoms with Crippen molar-refractivity contribution in [3.05, 3.63) is 96.4 Å². The maximum atomic E-state index is 5.59. The molecule has 0 saturated heterocycles. The molecule has 0 aliphatic heterocycles. The highest BCUT2D eigenvalue weighted by molar-refractivity contribution is 5.70. The van der Waals surface area contributed by atoms with Gasteiger partial charge in [-0.25, -0.2) is 4.68 Å². The number of benzene rings is 2. The third kappa shape index (κ3) is 4.20. The number of hydrogen-bond donors (Lipinski definition) is 1. The van der Waals surface area contributed by atoms with Crippen LogP contribution >= 0.6 is 0 Å². The lowest BCUT2D eigenvalue weighted by molar-refractivity contribution is 0.416. The Morgan fingerprint density at radius 1 is 1.00 bits per heavy atom. The highest BCUT2D eigenvalue weighted by Gasteiger charge is 2.16. The summed E-state index contributed by atoms with van der Waals surface area (Å²) in [6, 6.07) is 22.3. The quantitative estimate of drug-likeness (QED) is 0.498. The average molecular weight is 384 g/mol. The zero-order valence-electron chi connectivity index (χ0n) is 16.6. The summed E-state index contributed by atoms with van der Waals surface area (Å²) < 4.78 is 7.51. The van der Waals surface area contributed by atoms with Crippen LogP contribution in [0.1, 0.15) is 24.1 Å². The van der Waals surface area contributed by atoms with E-state index in [1.165, 1.54) is 0 Å². The molecule has 0 radical (unpaired) electrons. The van der Waals surface area contributed by atoms with E-state index in [4.69, 9.17) is 9.84 Å². The van der Waals surface area contributed by atoms with Crippen molar-refractivity contribution in [2.75, 3.05) is 7.11 Å². The summed E-state index contributed by atoms with van der Waals surface area (Å²) in [4.78, 5) is 4.22. The van der Waals surface area contributed by atoms with Crippen LogP contribution in [-0.2, 0) is 6.54 Å². The predicted molar refractivity (Wildman–Crippen MR) is 115 cm³/mol. The third-order valence-corrected chi connectivity index (χ3v) is 4.96. The number of nitrogens with zero attached hydrogens (tertiary/aromatic N) is 3. The van der Waals surface area contributed by atoms with Gasteiger partial charge in [-0.1, -0.05) is 36.4 Å². The SMILES string of the molecule is COc1ccccc1-c1nn(-c2ccccc2)cc1CNC(C)c1cccnc1. The van der Waals surface area contributed by atoms with Gasteiger partial charge >= 0.3 is 0 Å². The van der Waals surface area contributed by atoms with Crippen LogP contribution in [0.4, 0.5) is 0 Å². The maximum absolute atomic E-state index is 5.59. The van der Waals surface area contributed by atoms with Crippen molar-refractivity contribution in [3.63, 3.8) is 0 Å². The minimum Gasteiger partial charge on any atom is -0.496 e. The largest absolute Gasteiger partial charge is 0.496 e. The highest BCUT2D eigenvalue weighted by Crippen LogP contribution is 2.32. The van der Waals surface area contributed by atoms with Crippen LogP contribution in [0.15, 0.2) is 85.3 Å². The van der Waals surface area contributed by atoms with Crippen LogP contribution in [-0.4, -0.2) is 21.9 Å². The summed E-state index contributed by atoms with van der Waals surface area (Å²) in [5.74, 6) is 0.812. The maximum Gasteiger partial charge on any atom is 0.128 e. The van der Waals surface area contributed by atoms with Crippen molar-refractivity contribution in [2.24, 2.45) is 0 Å². The van der Waals surface area contributed by atoms with E-state index in [2.05, 4.69) is 41.6 Å². The molecule has 2 aromatic heterocycles. The number of methoxy groups -OCH3 is 1. The van der Waals surface area contributed by atoms with E-state index in [1.807, 2.05) is 59.4 Å². The summed E-state index contributed by atoms with van der Waals surface area (Å²) in [5, 5.41) is 8.49. The van der Waals surface area contributed by atoms with Crippen LogP contribution in [0.2, 0.25) is 0 Å². The topological polar surface area (TPSA) is 52.0 Å². The molecule has 146 valence electrons. The Bertz CT molecular complexity index is 1060. The molecule has 1 N–H and O–H groups in total. The molecule has 0 spiro atoms. The lowest BCUT2D eigenvalue weighted by Crippen LogP contribution is -2.18. The van der Waals surface area contributed by atoms with Crippen molar-refractivity contribution in [2.45, 2.75) is 19.5 Å². The average Bonchev–Trinajstić information content (AvgIpc) is 3.22. The molecule has 29 heavy (non-hydrogen) atoms. The summed E-state index contributed by atoms with van der Waals surface area (Å²) >= 11 is 0. The first kappa shape index (κ1) is 18.9. The lowest BCUT2D eigenvalue weighted by Gasteiger charge is -2.14. The lowest BCUT2D eigenvalue weighted by atomic mass is 10.1. The van der Waals surface area contributed by atoms with Crippen molar-refractivity contribution < 1.29 is 4.74 Å². The Kier molecular flexibility index (Phi) is 5.68. The normalized spacial score (nSPS) is 11.9. The first-order valence-corrected chi connectivity index (χ1v) is 9.67.